The molecule has 8 heteroatoms. The summed E-state index contributed by atoms with van der Waals surface area (Å²) >= 11 is 12.5. The van der Waals surface area contributed by atoms with Crippen LogP contribution in [-0.2, 0) is 4.74 Å². The van der Waals surface area contributed by atoms with E-state index >= 15 is 0 Å². The maximum absolute atomic E-state index is 12.8. The Morgan fingerprint density at radius 1 is 1.12 bits per heavy atom. The van der Waals surface area contributed by atoms with Crippen molar-refractivity contribution in [1.29, 1.82) is 0 Å². The highest BCUT2D eigenvalue weighted by molar-refractivity contribution is 6.36. The molecule has 2 aromatic carbocycles. The second-order valence-corrected chi connectivity index (χ2v) is 8.55. The van der Waals surface area contributed by atoms with E-state index in [9.17, 15) is 9.59 Å². The van der Waals surface area contributed by atoms with Gasteiger partial charge in [-0.25, -0.2) is 9.48 Å². The van der Waals surface area contributed by atoms with Crippen molar-refractivity contribution in [2.24, 2.45) is 0 Å². The van der Waals surface area contributed by atoms with Crippen molar-refractivity contribution < 1.29 is 14.3 Å². The van der Waals surface area contributed by atoms with E-state index in [4.69, 9.17) is 27.9 Å². The molecular formula is C24H23Cl2N3O3. The van der Waals surface area contributed by atoms with Gasteiger partial charge < -0.3 is 9.64 Å². The lowest BCUT2D eigenvalue weighted by Crippen LogP contribution is -2.33. The van der Waals surface area contributed by atoms with Gasteiger partial charge in [0.1, 0.15) is 0 Å². The van der Waals surface area contributed by atoms with Gasteiger partial charge >= 0.3 is 5.97 Å². The number of hydrogen-bond acceptors (Lipinski definition) is 4. The summed E-state index contributed by atoms with van der Waals surface area (Å²) in [4.78, 5) is 27.1. The fraction of sp³-hybridized carbons (Fsp3) is 0.292. The normalized spacial score (nSPS) is 15.8. The number of carbonyl (C=O) groups excluding carboxylic acids is 2. The quantitative estimate of drug-likeness (QED) is 0.451. The smallest absolute Gasteiger partial charge is 0.358 e. The first-order chi connectivity index (χ1) is 15.4. The minimum absolute atomic E-state index is 0.0233. The van der Waals surface area contributed by atoms with E-state index in [1.807, 2.05) is 17.0 Å². The van der Waals surface area contributed by atoms with Crippen LogP contribution in [0.3, 0.4) is 0 Å². The second kappa shape index (κ2) is 9.35. The number of halogens is 2. The van der Waals surface area contributed by atoms with Gasteiger partial charge in [-0.3, -0.25) is 4.79 Å². The number of rotatable bonds is 5. The number of esters is 1. The van der Waals surface area contributed by atoms with Gasteiger partial charge in [-0.2, -0.15) is 5.10 Å². The molecule has 166 valence electrons. The van der Waals surface area contributed by atoms with Crippen LogP contribution in [0.4, 0.5) is 0 Å². The molecule has 1 fully saturated rings. The standard InChI is InChI=1S/C24H23Cl2N3O3/c1-3-32-24(31)21-14-22(19-11-8-17(25)13-20(19)26)29(27-21)18-9-6-16(7-10-18)23(30)28-12-4-5-15(28)2/h6-11,13-15H,3-5,12H2,1-2H3. The van der Waals surface area contributed by atoms with Crippen LogP contribution in [0, 0.1) is 0 Å². The third kappa shape index (κ3) is 4.38. The zero-order chi connectivity index (χ0) is 22.8. The average molecular weight is 472 g/mol. The van der Waals surface area contributed by atoms with Crippen molar-refractivity contribution in [1.82, 2.24) is 14.7 Å². The van der Waals surface area contributed by atoms with Crippen LogP contribution in [0.5, 0.6) is 0 Å². The molecule has 1 unspecified atom stereocenters. The molecule has 1 aliphatic heterocycles. The van der Waals surface area contributed by atoms with Gasteiger partial charge in [-0.15, -0.1) is 0 Å². The molecule has 0 spiro atoms. The lowest BCUT2D eigenvalue weighted by atomic mass is 10.1. The van der Waals surface area contributed by atoms with Crippen LogP contribution in [0.2, 0.25) is 10.0 Å². The van der Waals surface area contributed by atoms with E-state index in [-0.39, 0.29) is 24.2 Å². The Labute approximate surface area is 196 Å². The summed E-state index contributed by atoms with van der Waals surface area (Å²) in [6, 6.07) is 14.2. The third-order valence-corrected chi connectivity index (χ3v) is 6.12. The Morgan fingerprint density at radius 2 is 1.88 bits per heavy atom. The zero-order valence-electron chi connectivity index (χ0n) is 17.8. The molecule has 0 radical (unpaired) electrons. The maximum atomic E-state index is 12.8. The predicted molar refractivity (Wildman–Crippen MR) is 125 cm³/mol. The number of hydrogen-bond donors (Lipinski definition) is 0. The Bertz CT molecular complexity index is 1160. The molecule has 0 N–H and O–H groups in total. The molecule has 0 aliphatic carbocycles. The summed E-state index contributed by atoms with van der Waals surface area (Å²) in [5.41, 5.74) is 2.75. The van der Waals surface area contributed by atoms with E-state index in [1.54, 1.807) is 48.0 Å². The number of likely N-dealkylation sites (tertiary alicyclic amines) is 1. The number of ether oxygens (including phenoxy) is 1. The molecular weight excluding hydrogens is 449 g/mol. The minimum Gasteiger partial charge on any atom is -0.461 e. The molecule has 4 rings (SSSR count). The molecule has 3 aromatic rings. The second-order valence-electron chi connectivity index (χ2n) is 7.71. The fourth-order valence-electron chi connectivity index (χ4n) is 3.92. The van der Waals surface area contributed by atoms with E-state index in [0.29, 0.717) is 32.6 Å². The zero-order valence-corrected chi connectivity index (χ0v) is 19.4. The van der Waals surface area contributed by atoms with Gasteiger partial charge in [0, 0.05) is 28.7 Å². The molecule has 1 atom stereocenters. The molecule has 6 nitrogen and oxygen atoms in total. The van der Waals surface area contributed by atoms with E-state index in [2.05, 4.69) is 12.0 Å². The van der Waals surface area contributed by atoms with Crippen LogP contribution in [-0.4, -0.2) is 45.8 Å². The third-order valence-electron chi connectivity index (χ3n) is 5.57. The van der Waals surface area contributed by atoms with Crippen LogP contribution >= 0.6 is 23.2 Å². The summed E-state index contributed by atoms with van der Waals surface area (Å²) in [7, 11) is 0. The molecule has 2 heterocycles. The van der Waals surface area contributed by atoms with E-state index < -0.39 is 5.97 Å². The molecule has 0 saturated carbocycles. The van der Waals surface area contributed by atoms with Crippen LogP contribution in [0.1, 0.15) is 47.5 Å². The molecule has 32 heavy (non-hydrogen) atoms. The first-order valence-corrected chi connectivity index (χ1v) is 11.3. The SMILES string of the molecule is CCOC(=O)c1cc(-c2ccc(Cl)cc2Cl)n(-c2ccc(C(=O)N3CCCC3C)cc2)n1. The van der Waals surface area contributed by atoms with Crippen molar-refractivity contribution in [3.05, 3.63) is 69.8 Å². The van der Waals surface area contributed by atoms with Crippen molar-refractivity contribution in [3.8, 4) is 16.9 Å². The van der Waals surface area contributed by atoms with Gasteiger partial charge in [-0.05, 0) is 75.2 Å². The van der Waals surface area contributed by atoms with Gasteiger partial charge in [0.05, 0.1) is 23.0 Å². The van der Waals surface area contributed by atoms with Gasteiger partial charge in [0.2, 0.25) is 0 Å². The van der Waals surface area contributed by atoms with Gasteiger partial charge in [0.15, 0.2) is 5.69 Å². The lowest BCUT2D eigenvalue weighted by molar-refractivity contribution is 0.0518. The Kier molecular flexibility index (Phi) is 6.53. The highest BCUT2D eigenvalue weighted by Crippen LogP contribution is 2.32. The van der Waals surface area contributed by atoms with Crippen molar-refractivity contribution in [3.63, 3.8) is 0 Å². The largest absolute Gasteiger partial charge is 0.461 e. The summed E-state index contributed by atoms with van der Waals surface area (Å²) < 4.78 is 6.74. The van der Waals surface area contributed by atoms with Crippen LogP contribution in [0.15, 0.2) is 48.5 Å². The van der Waals surface area contributed by atoms with Crippen molar-refractivity contribution in [2.45, 2.75) is 32.7 Å². The summed E-state index contributed by atoms with van der Waals surface area (Å²) in [6.45, 7) is 4.84. The first kappa shape index (κ1) is 22.4. The number of benzene rings is 2. The Hall–Kier alpha value is -2.83. The molecule has 1 aliphatic rings. The number of amides is 1. The predicted octanol–water partition coefficient (Wildman–Crippen LogP) is 5.65. The van der Waals surface area contributed by atoms with Crippen molar-refractivity contribution >= 4 is 35.1 Å². The van der Waals surface area contributed by atoms with Gasteiger partial charge in [0.25, 0.3) is 5.91 Å². The number of nitrogens with zero attached hydrogens (tertiary/aromatic N) is 3. The van der Waals surface area contributed by atoms with Crippen molar-refractivity contribution in [2.75, 3.05) is 13.2 Å². The Balaban J connectivity index is 1.73. The Morgan fingerprint density at radius 3 is 2.50 bits per heavy atom. The fourth-order valence-corrected chi connectivity index (χ4v) is 4.42. The monoisotopic (exact) mass is 471 g/mol. The molecule has 1 saturated heterocycles. The first-order valence-electron chi connectivity index (χ1n) is 10.5. The molecule has 1 amide bonds. The molecule has 1 aromatic heterocycles. The summed E-state index contributed by atoms with van der Waals surface area (Å²) in [5.74, 6) is -0.498. The number of carbonyl (C=O) groups is 2. The average Bonchev–Trinajstić information content (AvgIpc) is 3.40. The van der Waals surface area contributed by atoms with Crippen LogP contribution < -0.4 is 0 Å². The lowest BCUT2D eigenvalue weighted by Gasteiger charge is -2.21. The van der Waals surface area contributed by atoms with Gasteiger partial charge in [-0.1, -0.05) is 23.2 Å². The highest BCUT2D eigenvalue weighted by atomic mass is 35.5. The highest BCUT2D eigenvalue weighted by Gasteiger charge is 2.26. The molecule has 0 bridgehead atoms. The summed E-state index contributed by atoms with van der Waals surface area (Å²) in [5, 5.41) is 5.40. The maximum Gasteiger partial charge on any atom is 0.358 e. The number of aromatic nitrogens is 2. The van der Waals surface area contributed by atoms with E-state index in [0.717, 1.165) is 19.4 Å². The van der Waals surface area contributed by atoms with Crippen LogP contribution in [0.25, 0.3) is 16.9 Å². The topological polar surface area (TPSA) is 64.4 Å². The van der Waals surface area contributed by atoms with E-state index in [1.165, 1.54) is 0 Å². The summed E-state index contributed by atoms with van der Waals surface area (Å²) in [6.07, 6.45) is 2.05. The minimum atomic E-state index is -0.521.